The normalized spacial score (nSPS) is 19.8. The molecule has 0 spiro atoms. The molecule has 1 fully saturated rings. The molecular formula is C10H16N2O. The summed E-state index contributed by atoms with van der Waals surface area (Å²) in [5.41, 5.74) is 6.11. The van der Waals surface area contributed by atoms with Crippen molar-refractivity contribution in [2.24, 2.45) is 5.73 Å². The highest BCUT2D eigenvalue weighted by Crippen LogP contribution is 2.28. The number of nitrogens with two attached hydrogens (primary N) is 1. The van der Waals surface area contributed by atoms with Gasteiger partial charge in [-0.05, 0) is 31.4 Å². The maximum atomic E-state index is 6.05. The quantitative estimate of drug-likeness (QED) is 0.733. The maximum Gasteiger partial charge on any atom is 0.117 e. The van der Waals surface area contributed by atoms with Gasteiger partial charge in [0.15, 0.2) is 0 Å². The third-order valence-electron chi connectivity index (χ3n) is 2.71. The van der Waals surface area contributed by atoms with E-state index in [0.717, 1.165) is 31.7 Å². The van der Waals surface area contributed by atoms with Crippen LogP contribution in [-0.4, -0.2) is 12.1 Å². The predicted octanol–water partition coefficient (Wildman–Crippen LogP) is 1.25. The summed E-state index contributed by atoms with van der Waals surface area (Å²) in [6, 6.07) is 3.87. The van der Waals surface area contributed by atoms with Crippen LogP contribution in [0.4, 0.5) is 0 Å². The largest absolute Gasteiger partial charge is 0.468 e. The molecule has 0 amide bonds. The molecule has 3 heteroatoms. The van der Waals surface area contributed by atoms with Crippen molar-refractivity contribution in [3.63, 3.8) is 0 Å². The van der Waals surface area contributed by atoms with Crippen LogP contribution >= 0.6 is 0 Å². The summed E-state index contributed by atoms with van der Waals surface area (Å²) < 4.78 is 5.20. The fourth-order valence-electron chi connectivity index (χ4n) is 1.66. The van der Waals surface area contributed by atoms with Crippen molar-refractivity contribution < 1.29 is 4.42 Å². The van der Waals surface area contributed by atoms with E-state index in [1.165, 1.54) is 6.42 Å². The van der Waals surface area contributed by atoms with E-state index in [9.17, 15) is 0 Å². The zero-order chi connectivity index (χ0) is 9.15. The van der Waals surface area contributed by atoms with Crippen molar-refractivity contribution in [1.82, 2.24) is 5.32 Å². The summed E-state index contributed by atoms with van der Waals surface area (Å²) in [6.45, 7) is 1.68. The van der Waals surface area contributed by atoms with Crippen LogP contribution in [0.25, 0.3) is 0 Å². The zero-order valence-corrected chi connectivity index (χ0v) is 7.75. The molecule has 1 saturated carbocycles. The fraction of sp³-hybridized carbons (Fsp3) is 0.600. The summed E-state index contributed by atoms with van der Waals surface area (Å²) in [5, 5.41) is 3.31. The maximum absolute atomic E-state index is 6.05. The lowest BCUT2D eigenvalue weighted by molar-refractivity contribution is 0.237. The Kier molecular flexibility index (Phi) is 2.38. The van der Waals surface area contributed by atoms with E-state index < -0.39 is 0 Å². The molecule has 1 heterocycles. The second-order valence-electron chi connectivity index (χ2n) is 3.90. The molecule has 1 aliphatic rings. The molecular weight excluding hydrogens is 164 g/mol. The molecule has 13 heavy (non-hydrogen) atoms. The molecule has 0 saturated heterocycles. The van der Waals surface area contributed by atoms with E-state index in [2.05, 4.69) is 5.32 Å². The van der Waals surface area contributed by atoms with Gasteiger partial charge in [0, 0.05) is 12.1 Å². The predicted molar refractivity (Wildman–Crippen MR) is 51.2 cm³/mol. The van der Waals surface area contributed by atoms with Crippen molar-refractivity contribution in [2.75, 3.05) is 6.54 Å². The molecule has 0 radical (unpaired) electrons. The second-order valence-corrected chi connectivity index (χ2v) is 3.90. The molecule has 3 N–H and O–H groups in total. The van der Waals surface area contributed by atoms with Gasteiger partial charge in [-0.1, -0.05) is 0 Å². The first kappa shape index (κ1) is 8.78. The molecule has 1 aliphatic carbocycles. The molecule has 72 valence electrons. The SMILES string of the molecule is NC1(CNCc2ccco2)CCC1. The molecule has 0 atom stereocenters. The first-order chi connectivity index (χ1) is 6.29. The molecule has 0 aromatic carbocycles. The van der Waals surface area contributed by atoms with E-state index in [1.807, 2.05) is 12.1 Å². The Hall–Kier alpha value is -0.800. The molecule has 0 unspecified atom stereocenters. The highest BCUT2D eigenvalue weighted by molar-refractivity contribution is 4.99. The van der Waals surface area contributed by atoms with Gasteiger partial charge in [0.1, 0.15) is 5.76 Å². The minimum absolute atomic E-state index is 0.0621. The van der Waals surface area contributed by atoms with Gasteiger partial charge in [-0.3, -0.25) is 0 Å². The van der Waals surface area contributed by atoms with Gasteiger partial charge in [0.25, 0.3) is 0 Å². The summed E-state index contributed by atoms with van der Waals surface area (Å²) >= 11 is 0. The minimum atomic E-state index is 0.0621. The molecule has 2 rings (SSSR count). The highest BCUT2D eigenvalue weighted by atomic mass is 16.3. The van der Waals surface area contributed by atoms with Crippen molar-refractivity contribution in [1.29, 1.82) is 0 Å². The van der Waals surface area contributed by atoms with Crippen LogP contribution in [0.5, 0.6) is 0 Å². The Labute approximate surface area is 78.3 Å². The smallest absolute Gasteiger partial charge is 0.117 e. The Bertz CT molecular complexity index is 252. The molecule has 0 bridgehead atoms. The summed E-state index contributed by atoms with van der Waals surface area (Å²) in [7, 11) is 0. The third-order valence-corrected chi connectivity index (χ3v) is 2.71. The molecule has 3 nitrogen and oxygen atoms in total. The first-order valence-corrected chi connectivity index (χ1v) is 4.81. The topological polar surface area (TPSA) is 51.2 Å². The van der Waals surface area contributed by atoms with Gasteiger partial charge in [0.05, 0.1) is 12.8 Å². The highest BCUT2D eigenvalue weighted by Gasteiger charge is 2.31. The third kappa shape index (κ3) is 2.11. The van der Waals surface area contributed by atoms with Crippen LogP contribution in [0.1, 0.15) is 25.0 Å². The van der Waals surface area contributed by atoms with Crippen LogP contribution in [-0.2, 0) is 6.54 Å². The van der Waals surface area contributed by atoms with Gasteiger partial charge in [-0.2, -0.15) is 0 Å². The van der Waals surface area contributed by atoms with Gasteiger partial charge in [-0.15, -0.1) is 0 Å². The van der Waals surface area contributed by atoms with Crippen LogP contribution < -0.4 is 11.1 Å². The average Bonchev–Trinajstić information content (AvgIpc) is 2.54. The van der Waals surface area contributed by atoms with Crippen LogP contribution in [0.2, 0.25) is 0 Å². The summed E-state index contributed by atoms with van der Waals surface area (Å²) in [4.78, 5) is 0. The standard InChI is InChI=1S/C10H16N2O/c11-10(4-2-5-10)8-12-7-9-3-1-6-13-9/h1,3,6,12H,2,4-5,7-8,11H2. The van der Waals surface area contributed by atoms with E-state index in [4.69, 9.17) is 10.2 Å². The van der Waals surface area contributed by atoms with Crippen molar-refractivity contribution >= 4 is 0 Å². The first-order valence-electron chi connectivity index (χ1n) is 4.81. The van der Waals surface area contributed by atoms with Gasteiger partial charge >= 0.3 is 0 Å². The van der Waals surface area contributed by atoms with Crippen LogP contribution in [0, 0.1) is 0 Å². The Morgan fingerprint density at radius 1 is 1.54 bits per heavy atom. The zero-order valence-electron chi connectivity index (χ0n) is 7.75. The number of hydrogen-bond acceptors (Lipinski definition) is 3. The fourth-order valence-corrected chi connectivity index (χ4v) is 1.66. The molecule has 0 aliphatic heterocycles. The molecule has 1 aromatic rings. The van der Waals surface area contributed by atoms with Crippen molar-refractivity contribution in [3.05, 3.63) is 24.2 Å². The van der Waals surface area contributed by atoms with Crippen LogP contribution in [0.15, 0.2) is 22.8 Å². The van der Waals surface area contributed by atoms with Crippen molar-refractivity contribution in [3.8, 4) is 0 Å². The van der Waals surface area contributed by atoms with Gasteiger partial charge < -0.3 is 15.5 Å². The second kappa shape index (κ2) is 3.52. The van der Waals surface area contributed by atoms with Crippen molar-refractivity contribution in [2.45, 2.75) is 31.3 Å². The summed E-state index contributed by atoms with van der Waals surface area (Å²) in [5.74, 6) is 0.975. The number of rotatable bonds is 4. The lowest BCUT2D eigenvalue weighted by Gasteiger charge is -2.38. The lowest BCUT2D eigenvalue weighted by atomic mass is 9.78. The lowest BCUT2D eigenvalue weighted by Crippen LogP contribution is -2.53. The minimum Gasteiger partial charge on any atom is -0.468 e. The van der Waals surface area contributed by atoms with E-state index >= 15 is 0 Å². The van der Waals surface area contributed by atoms with Gasteiger partial charge in [-0.25, -0.2) is 0 Å². The van der Waals surface area contributed by atoms with E-state index in [-0.39, 0.29) is 5.54 Å². The Morgan fingerprint density at radius 3 is 2.92 bits per heavy atom. The van der Waals surface area contributed by atoms with E-state index in [1.54, 1.807) is 6.26 Å². The Balaban J connectivity index is 1.69. The van der Waals surface area contributed by atoms with Gasteiger partial charge in [0.2, 0.25) is 0 Å². The number of hydrogen-bond donors (Lipinski definition) is 2. The number of nitrogens with one attached hydrogen (secondary N) is 1. The average molecular weight is 180 g/mol. The number of furan rings is 1. The summed E-state index contributed by atoms with van der Waals surface area (Å²) in [6.07, 6.45) is 5.27. The van der Waals surface area contributed by atoms with Crippen LogP contribution in [0.3, 0.4) is 0 Å². The van der Waals surface area contributed by atoms with E-state index in [0.29, 0.717) is 0 Å². The monoisotopic (exact) mass is 180 g/mol. The Morgan fingerprint density at radius 2 is 2.38 bits per heavy atom. The molecule has 1 aromatic heterocycles.